The molecule has 3 aliphatic rings. The number of benzene rings is 1. The lowest BCUT2D eigenvalue weighted by molar-refractivity contribution is 0.269. The van der Waals surface area contributed by atoms with E-state index in [4.69, 9.17) is 4.99 Å². The van der Waals surface area contributed by atoms with Gasteiger partial charge in [-0.05, 0) is 48.7 Å². The van der Waals surface area contributed by atoms with E-state index < -0.39 is 19.9 Å². The average Bonchev–Trinajstić information content (AvgIpc) is 3.28. The number of piperidine rings is 1. The maximum atomic E-state index is 13.2. The Bertz CT molecular complexity index is 1450. The molecule has 1 N–H and O–H groups in total. The number of hydrogen-bond donors (Lipinski definition) is 1. The van der Waals surface area contributed by atoms with E-state index in [1.165, 1.54) is 28.6 Å². The fourth-order valence-electron chi connectivity index (χ4n) is 4.77. The molecule has 5 rings (SSSR count). The number of allylic oxidation sites excluding steroid dienone is 1. The third-order valence-corrected chi connectivity index (χ3v) is 9.96. The van der Waals surface area contributed by atoms with Crippen molar-refractivity contribution in [2.24, 2.45) is 16.0 Å². The number of aliphatic imine (C=N–C) groups is 1. The maximum Gasteiger partial charge on any atom is 0.243 e. The van der Waals surface area contributed by atoms with Crippen molar-refractivity contribution in [1.82, 2.24) is 19.6 Å². The Morgan fingerprint density at radius 2 is 1.76 bits per heavy atom. The molecule has 4 heterocycles. The van der Waals surface area contributed by atoms with Gasteiger partial charge in [0.05, 0.1) is 9.79 Å². The van der Waals surface area contributed by atoms with Crippen molar-refractivity contribution in [1.29, 1.82) is 0 Å². The lowest BCUT2D eigenvalue weighted by atomic mass is 9.85. The second-order valence-electron chi connectivity index (χ2n) is 9.60. The number of sulfone groups is 1. The van der Waals surface area contributed by atoms with Crippen molar-refractivity contribution in [3.8, 4) is 0 Å². The number of hydrazone groups is 1. The zero-order valence-corrected chi connectivity index (χ0v) is 22.4. The van der Waals surface area contributed by atoms with Crippen LogP contribution in [-0.2, 0) is 26.4 Å². The van der Waals surface area contributed by atoms with E-state index in [9.17, 15) is 16.8 Å². The SMILES string of the molecule is BC1C=NN2C(NCc3cccnc3)=CC(C3CCN(S(=O)(=O)c4ccc(S(C)(=O)=O)cc4)CC3)=NC12. The fourth-order valence-corrected chi connectivity index (χ4v) is 6.87. The van der Waals surface area contributed by atoms with Crippen LogP contribution in [0.4, 0.5) is 0 Å². The summed E-state index contributed by atoms with van der Waals surface area (Å²) in [5, 5.41) is 9.92. The van der Waals surface area contributed by atoms with Gasteiger partial charge < -0.3 is 5.32 Å². The molecule has 0 bridgehead atoms. The molecular weight excluding hydrogens is 511 g/mol. The van der Waals surface area contributed by atoms with Crippen LogP contribution in [0.15, 0.2) is 80.6 Å². The highest BCUT2D eigenvalue weighted by Crippen LogP contribution is 2.32. The van der Waals surface area contributed by atoms with Crippen molar-refractivity contribution >= 4 is 39.6 Å². The van der Waals surface area contributed by atoms with E-state index in [0.717, 1.165) is 23.4 Å². The molecule has 194 valence electrons. The highest BCUT2D eigenvalue weighted by atomic mass is 32.2. The molecule has 1 fully saturated rings. The molecule has 2 unspecified atom stereocenters. The van der Waals surface area contributed by atoms with Crippen LogP contribution in [0.25, 0.3) is 0 Å². The topological polar surface area (TPSA) is 124 Å². The number of pyridine rings is 1. The molecule has 0 radical (unpaired) electrons. The van der Waals surface area contributed by atoms with Gasteiger partial charge >= 0.3 is 0 Å². The number of nitrogens with zero attached hydrogens (tertiary/aromatic N) is 5. The number of rotatable bonds is 7. The molecule has 0 aliphatic carbocycles. The molecule has 0 saturated carbocycles. The summed E-state index contributed by atoms with van der Waals surface area (Å²) >= 11 is 0. The summed E-state index contributed by atoms with van der Waals surface area (Å²) in [5.74, 6) is 1.17. The van der Waals surface area contributed by atoms with E-state index in [-0.39, 0.29) is 27.7 Å². The van der Waals surface area contributed by atoms with Gasteiger partial charge in [-0.2, -0.15) is 9.41 Å². The Morgan fingerprint density at radius 1 is 1.05 bits per heavy atom. The molecule has 1 saturated heterocycles. The van der Waals surface area contributed by atoms with Crippen molar-refractivity contribution < 1.29 is 16.8 Å². The molecule has 0 amide bonds. The fraction of sp³-hybridized carbons (Fsp3) is 0.375. The molecule has 3 aliphatic heterocycles. The monoisotopic (exact) mass is 540 g/mol. The summed E-state index contributed by atoms with van der Waals surface area (Å²) in [6.45, 7) is 1.34. The standard InChI is InChI=1S/C24H29BN6O4S2/c1-36(32,33)19-4-6-20(7-5-19)37(34,35)30-11-8-18(9-12-30)22-13-23(27-15-17-3-2-10-26-14-17)31-24(29-22)21(25)16-28-31/h2-7,10,13-14,16,18,21,24,27H,8-9,11-12,15,25H2,1H3. The first-order valence-electron chi connectivity index (χ1n) is 12.2. The van der Waals surface area contributed by atoms with Gasteiger partial charge in [0.1, 0.15) is 19.8 Å². The van der Waals surface area contributed by atoms with Gasteiger partial charge in [-0.1, -0.05) is 6.07 Å². The number of hydrogen-bond acceptors (Lipinski definition) is 9. The minimum atomic E-state index is -3.71. The Morgan fingerprint density at radius 3 is 2.41 bits per heavy atom. The van der Waals surface area contributed by atoms with E-state index in [1.54, 1.807) is 6.20 Å². The summed E-state index contributed by atoms with van der Waals surface area (Å²) in [4.78, 5) is 9.36. The highest BCUT2D eigenvalue weighted by Gasteiger charge is 2.36. The van der Waals surface area contributed by atoms with E-state index in [2.05, 4.69) is 23.2 Å². The zero-order chi connectivity index (χ0) is 26.2. The molecule has 10 nitrogen and oxygen atoms in total. The van der Waals surface area contributed by atoms with Crippen LogP contribution in [0.3, 0.4) is 0 Å². The smallest absolute Gasteiger partial charge is 0.243 e. The molecular formula is C24H29BN6O4S2. The van der Waals surface area contributed by atoms with Crippen molar-refractivity contribution in [2.45, 2.75) is 41.2 Å². The first-order chi connectivity index (χ1) is 17.6. The molecule has 1 aromatic heterocycles. The number of aromatic nitrogens is 1. The van der Waals surface area contributed by atoms with E-state index in [1.807, 2.05) is 35.6 Å². The lowest BCUT2D eigenvalue weighted by Gasteiger charge is -2.35. The second-order valence-corrected chi connectivity index (χ2v) is 13.6. The van der Waals surface area contributed by atoms with Crippen molar-refractivity contribution in [3.05, 3.63) is 66.3 Å². The number of sulfonamides is 1. The van der Waals surface area contributed by atoms with Crippen molar-refractivity contribution in [3.63, 3.8) is 0 Å². The van der Waals surface area contributed by atoms with E-state index >= 15 is 0 Å². The van der Waals surface area contributed by atoms with Gasteiger partial charge in [-0.15, -0.1) is 0 Å². The molecule has 1 aromatic carbocycles. The van der Waals surface area contributed by atoms with Crippen LogP contribution in [0.5, 0.6) is 0 Å². The summed E-state index contributed by atoms with van der Waals surface area (Å²) in [7, 11) is -5.02. The van der Waals surface area contributed by atoms with Gasteiger partial charge in [-0.3, -0.25) is 9.98 Å². The normalized spacial score (nSPS) is 22.9. The first-order valence-corrected chi connectivity index (χ1v) is 15.5. The molecule has 0 spiro atoms. The van der Waals surface area contributed by atoms with E-state index in [0.29, 0.717) is 32.5 Å². The van der Waals surface area contributed by atoms with Crippen LogP contribution >= 0.6 is 0 Å². The summed E-state index contributed by atoms with van der Waals surface area (Å²) in [6, 6.07) is 9.32. The average molecular weight is 540 g/mol. The van der Waals surface area contributed by atoms with Gasteiger partial charge in [0.25, 0.3) is 0 Å². The Balaban J connectivity index is 1.29. The number of fused-ring (bicyclic) bond motifs is 1. The Kier molecular flexibility index (Phi) is 6.94. The van der Waals surface area contributed by atoms with Crippen LogP contribution in [-0.4, -0.2) is 76.4 Å². The van der Waals surface area contributed by atoms with Crippen LogP contribution in [0.1, 0.15) is 18.4 Å². The van der Waals surface area contributed by atoms with Crippen LogP contribution in [0, 0.1) is 5.92 Å². The third-order valence-electron chi connectivity index (χ3n) is 6.92. The molecule has 13 heteroatoms. The Hall–Kier alpha value is -3.03. The minimum Gasteiger partial charge on any atom is -0.366 e. The third kappa shape index (κ3) is 5.34. The largest absolute Gasteiger partial charge is 0.366 e. The Labute approximate surface area is 218 Å². The minimum absolute atomic E-state index is 0.0966. The summed E-state index contributed by atoms with van der Waals surface area (Å²) in [5.41, 5.74) is 2.02. The summed E-state index contributed by atoms with van der Waals surface area (Å²) < 4.78 is 51.3. The lowest BCUT2D eigenvalue weighted by Crippen LogP contribution is -2.43. The predicted octanol–water partition coefficient (Wildman–Crippen LogP) is 1.02. The molecule has 37 heavy (non-hydrogen) atoms. The molecule has 2 aromatic rings. The van der Waals surface area contributed by atoms with Crippen molar-refractivity contribution in [2.75, 3.05) is 19.3 Å². The predicted molar refractivity (Wildman–Crippen MR) is 144 cm³/mol. The van der Waals surface area contributed by atoms with Crippen LogP contribution < -0.4 is 5.32 Å². The highest BCUT2D eigenvalue weighted by molar-refractivity contribution is 7.90. The first kappa shape index (κ1) is 25.6. The van der Waals surface area contributed by atoms with Gasteiger partial charge in [-0.25, -0.2) is 21.8 Å². The van der Waals surface area contributed by atoms with Gasteiger partial charge in [0.2, 0.25) is 10.0 Å². The van der Waals surface area contributed by atoms with Gasteiger partial charge in [0, 0.05) is 68.0 Å². The number of nitrogens with one attached hydrogen (secondary N) is 1. The quantitative estimate of drug-likeness (QED) is 0.520. The van der Waals surface area contributed by atoms with Crippen LogP contribution in [0.2, 0.25) is 5.82 Å². The maximum absolute atomic E-state index is 13.2. The summed E-state index contributed by atoms with van der Waals surface area (Å²) in [6.07, 6.45) is 9.77. The zero-order valence-electron chi connectivity index (χ0n) is 20.7. The second kappa shape index (κ2) is 10.0. The van der Waals surface area contributed by atoms with Gasteiger partial charge in [0.15, 0.2) is 9.84 Å². The molecule has 2 atom stereocenters.